The van der Waals surface area contributed by atoms with Crippen molar-refractivity contribution in [2.24, 2.45) is 17.8 Å². The maximum atomic E-state index is 13.3. The molecular weight excluding hydrogens is 479 g/mol. The second-order valence-electron chi connectivity index (χ2n) is 9.42. The van der Waals surface area contributed by atoms with Crippen molar-refractivity contribution < 1.29 is 42.2 Å². The summed E-state index contributed by atoms with van der Waals surface area (Å²) < 4.78 is 42.8. The molecule has 3 aliphatic carbocycles. The molecule has 1 fully saturated rings. The molecule has 4 atom stereocenters. The van der Waals surface area contributed by atoms with Crippen molar-refractivity contribution >= 4 is 23.4 Å². The fraction of sp³-hybridized carbons (Fsp3) is 0.385. The zero-order valence-electron chi connectivity index (χ0n) is 19.4. The van der Waals surface area contributed by atoms with Crippen LogP contribution in [0, 0.1) is 17.8 Å². The highest BCUT2D eigenvalue weighted by atomic mass is 19.4. The van der Waals surface area contributed by atoms with E-state index < -0.39 is 47.3 Å². The van der Waals surface area contributed by atoms with Crippen molar-refractivity contribution in [3.05, 3.63) is 58.2 Å². The molecule has 0 radical (unpaired) electrons. The smallest absolute Gasteiger partial charge is 0.508 e. The third-order valence-electron chi connectivity index (χ3n) is 7.52. The van der Waals surface area contributed by atoms with E-state index in [4.69, 9.17) is 0 Å². The summed E-state index contributed by atoms with van der Waals surface area (Å²) in [7, 11) is 0. The average molecular weight is 501 g/mol. The van der Waals surface area contributed by atoms with Gasteiger partial charge in [0.1, 0.15) is 11.5 Å². The quantitative estimate of drug-likeness (QED) is 0.385. The molecule has 36 heavy (non-hydrogen) atoms. The number of halogens is 3. The molecule has 188 valence electrons. The number of fused-ring (bicyclic) bond motifs is 3. The predicted molar refractivity (Wildman–Crippen MR) is 119 cm³/mol. The lowest BCUT2D eigenvalue weighted by atomic mass is 9.59. The first kappa shape index (κ1) is 24.0. The van der Waals surface area contributed by atoms with Gasteiger partial charge < -0.3 is 9.84 Å². The van der Waals surface area contributed by atoms with Crippen molar-refractivity contribution in [1.29, 1.82) is 0 Å². The molecule has 4 aliphatic rings. The van der Waals surface area contributed by atoms with Crippen molar-refractivity contribution in [3.8, 4) is 11.5 Å². The number of amides is 2. The van der Waals surface area contributed by atoms with Crippen LogP contribution in [0.4, 0.5) is 13.2 Å². The molecule has 0 aromatic heterocycles. The number of Topliss-reactive ketones (excluding diaryl/α,β-unsaturated/α-hetero) is 1. The minimum Gasteiger partial charge on any atom is -0.508 e. The SMILES string of the molecule is CCN1C(=O)C2CC=C3C(c4cc(OC(F)(F)F)ccc4O)C4=C(CC3C2C1=O)C(=O)C=C(C)C4=O. The summed E-state index contributed by atoms with van der Waals surface area (Å²) in [5.41, 5.74) is 0.880. The number of allylic oxidation sites excluding steroid dienone is 6. The minimum absolute atomic E-state index is 0.0429. The molecule has 1 aromatic rings. The van der Waals surface area contributed by atoms with E-state index in [1.165, 1.54) is 17.9 Å². The molecule has 2 amide bonds. The fourth-order valence-corrected chi connectivity index (χ4v) is 6.05. The van der Waals surface area contributed by atoms with Gasteiger partial charge in [0.15, 0.2) is 11.6 Å². The largest absolute Gasteiger partial charge is 0.573 e. The van der Waals surface area contributed by atoms with Crippen LogP contribution in [0.2, 0.25) is 0 Å². The Bertz CT molecular complexity index is 1320. The fourth-order valence-electron chi connectivity index (χ4n) is 6.05. The van der Waals surface area contributed by atoms with Gasteiger partial charge in [0, 0.05) is 34.7 Å². The van der Waals surface area contributed by atoms with Gasteiger partial charge in [-0.1, -0.05) is 11.6 Å². The summed E-state index contributed by atoms with van der Waals surface area (Å²) in [4.78, 5) is 53.6. The van der Waals surface area contributed by atoms with Crippen LogP contribution in [-0.2, 0) is 19.2 Å². The molecule has 1 aromatic carbocycles. The van der Waals surface area contributed by atoms with Crippen LogP contribution >= 0.6 is 0 Å². The van der Waals surface area contributed by atoms with Crippen molar-refractivity contribution in [2.45, 2.75) is 39.0 Å². The summed E-state index contributed by atoms with van der Waals surface area (Å²) in [6.45, 7) is 3.35. The predicted octanol–water partition coefficient (Wildman–Crippen LogP) is 3.74. The van der Waals surface area contributed by atoms with Crippen LogP contribution in [0.3, 0.4) is 0 Å². The highest BCUT2D eigenvalue weighted by molar-refractivity contribution is 6.24. The number of likely N-dealkylation sites (tertiary alicyclic amines) is 1. The number of imide groups is 1. The molecule has 0 spiro atoms. The number of aromatic hydroxyl groups is 1. The molecule has 1 aliphatic heterocycles. The molecule has 10 heteroatoms. The Balaban J connectivity index is 1.70. The Hall–Kier alpha value is -3.69. The molecular formula is C26H22F3NO6. The molecule has 7 nitrogen and oxygen atoms in total. The Labute approximate surface area is 203 Å². The molecule has 0 saturated carbocycles. The maximum Gasteiger partial charge on any atom is 0.573 e. The van der Waals surface area contributed by atoms with Crippen LogP contribution in [0.15, 0.2) is 52.6 Å². The first-order valence-electron chi connectivity index (χ1n) is 11.6. The number of ketones is 2. The second kappa shape index (κ2) is 8.18. The number of benzene rings is 1. The lowest BCUT2D eigenvalue weighted by molar-refractivity contribution is -0.274. The van der Waals surface area contributed by atoms with Gasteiger partial charge in [-0.3, -0.25) is 24.1 Å². The molecule has 5 rings (SSSR count). The highest BCUT2D eigenvalue weighted by Crippen LogP contribution is 2.56. The van der Waals surface area contributed by atoms with Crippen LogP contribution in [0.25, 0.3) is 0 Å². The number of rotatable bonds is 3. The van der Waals surface area contributed by atoms with Crippen molar-refractivity contribution in [3.63, 3.8) is 0 Å². The minimum atomic E-state index is -4.98. The molecule has 1 saturated heterocycles. The van der Waals surface area contributed by atoms with Gasteiger partial charge in [-0.05, 0) is 56.9 Å². The van der Waals surface area contributed by atoms with Gasteiger partial charge in [-0.25, -0.2) is 0 Å². The number of carbonyl (C=O) groups excluding carboxylic acids is 4. The van der Waals surface area contributed by atoms with E-state index in [1.807, 2.05) is 0 Å². The molecule has 1 heterocycles. The third-order valence-corrected chi connectivity index (χ3v) is 7.52. The number of hydrogen-bond acceptors (Lipinski definition) is 6. The van der Waals surface area contributed by atoms with Crippen LogP contribution in [-0.4, -0.2) is 46.3 Å². The Morgan fingerprint density at radius 3 is 2.50 bits per heavy atom. The number of carbonyl (C=O) groups is 4. The number of phenols is 1. The van der Waals surface area contributed by atoms with E-state index in [2.05, 4.69) is 4.74 Å². The Kier molecular flexibility index (Phi) is 5.46. The van der Waals surface area contributed by atoms with Crippen LogP contribution in [0.5, 0.6) is 11.5 Å². The van der Waals surface area contributed by atoms with E-state index in [9.17, 15) is 37.5 Å². The van der Waals surface area contributed by atoms with E-state index in [0.717, 1.165) is 18.2 Å². The van der Waals surface area contributed by atoms with E-state index in [-0.39, 0.29) is 59.2 Å². The Morgan fingerprint density at radius 1 is 1.11 bits per heavy atom. The third kappa shape index (κ3) is 3.58. The standard InChI is InChI=1S/C26H22F3NO6/c1-3-30-24(34)14-6-5-13-15(21(14)25(30)35)10-17-19(32)8-11(2)23(33)22(17)20(13)16-9-12(4-7-18(16)31)36-26(27,28)29/h4-5,7-9,14-15,20-21,31H,3,6,10H2,1-2H3. The van der Waals surface area contributed by atoms with E-state index in [0.29, 0.717) is 5.57 Å². The lowest BCUT2D eigenvalue weighted by Gasteiger charge is -2.42. The zero-order valence-corrected chi connectivity index (χ0v) is 19.4. The van der Waals surface area contributed by atoms with E-state index in [1.54, 1.807) is 13.0 Å². The topological polar surface area (TPSA) is 101 Å². The first-order chi connectivity index (χ1) is 16.9. The second-order valence-corrected chi connectivity index (χ2v) is 9.42. The number of hydrogen-bond donors (Lipinski definition) is 1. The van der Waals surface area contributed by atoms with Crippen LogP contribution in [0.1, 0.15) is 38.2 Å². The summed E-state index contributed by atoms with van der Waals surface area (Å²) in [5, 5.41) is 10.7. The highest BCUT2D eigenvalue weighted by Gasteiger charge is 2.56. The van der Waals surface area contributed by atoms with Gasteiger partial charge in [0.25, 0.3) is 0 Å². The number of alkyl halides is 3. The molecule has 0 bridgehead atoms. The number of nitrogens with zero attached hydrogens (tertiary/aromatic N) is 1. The first-order valence-corrected chi connectivity index (χ1v) is 11.6. The zero-order chi connectivity index (χ0) is 26.1. The van der Waals surface area contributed by atoms with Gasteiger partial charge in [0.2, 0.25) is 11.8 Å². The summed E-state index contributed by atoms with van der Waals surface area (Å²) in [6.07, 6.45) is -1.80. The summed E-state index contributed by atoms with van der Waals surface area (Å²) in [6, 6.07) is 2.98. The maximum absolute atomic E-state index is 13.3. The monoisotopic (exact) mass is 501 g/mol. The van der Waals surface area contributed by atoms with Gasteiger partial charge in [0.05, 0.1) is 11.8 Å². The summed E-state index contributed by atoms with van der Waals surface area (Å²) in [5.74, 6) is -5.63. The van der Waals surface area contributed by atoms with Gasteiger partial charge >= 0.3 is 6.36 Å². The molecule has 4 unspecified atom stereocenters. The summed E-state index contributed by atoms with van der Waals surface area (Å²) >= 11 is 0. The number of ether oxygens (including phenoxy) is 1. The van der Waals surface area contributed by atoms with Crippen LogP contribution < -0.4 is 4.74 Å². The van der Waals surface area contributed by atoms with Gasteiger partial charge in [-0.15, -0.1) is 13.2 Å². The average Bonchev–Trinajstić information content (AvgIpc) is 3.06. The van der Waals surface area contributed by atoms with E-state index >= 15 is 0 Å². The van der Waals surface area contributed by atoms with Crippen molar-refractivity contribution in [2.75, 3.05) is 6.54 Å². The Morgan fingerprint density at radius 2 is 1.83 bits per heavy atom. The molecule has 1 N–H and O–H groups in total. The van der Waals surface area contributed by atoms with Gasteiger partial charge in [-0.2, -0.15) is 0 Å². The normalized spacial score (nSPS) is 28.0. The lowest BCUT2D eigenvalue weighted by Crippen LogP contribution is -2.39. The number of phenolic OH excluding ortho intramolecular Hbond substituents is 1. The van der Waals surface area contributed by atoms with Crippen molar-refractivity contribution in [1.82, 2.24) is 4.90 Å².